The van der Waals surface area contributed by atoms with E-state index in [2.05, 4.69) is 5.10 Å². The van der Waals surface area contributed by atoms with E-state index < -0.39 is 4.84 Å². The van der Waals surface area contributed by atoms with Crippen molar-refractivity contribution in [3.05, 3.63) is 47.8 Å². The van der Waals surface area contributed by atoms with Crippen LogP contribution in [0.3, 0.4) is 0 Å². The van der Waals surface area contributed by atoms with Gasteiger partial charge in [0.1, 0.15) is 4.84 Å². The van der Waals surface area contributed by atoms with Crippen LogP contribution in [0.2, 0.25) is 0 Å². The smallest absolute Gasteiger partial charge is 0.149 e. The fourth-order valence-electron chi connectivity index (χ4n) is 1.45. The molecule has 15 heavy (non-hydrogen) atoms. The number of rotatable bonds is 2. The maximum Gasteiger partial charge on any atom is 0.149 e. The van der Waals surface area contributed by atoms with Gasteiger partial charge in [-0.2, -0.15) is 5.10 Å². The van der Waals surface area contributed by atoms with Crippen LogP contribution in [0.15, 0.2) is 36.4 Å². The maximum absolute atomic E-state index is 5.88. The van der Waals surface area contributed by atoms with Crippen molar-refractivity contribution in [1.82, 2.24) is 9.78 Å². The van der Waals surface area contributed by atoms with Gasteiger partial charge in [0, 0.05) is 0 Å². The van der Waals surface area contributed by atoms with Gasteiger partial charge in [-0.15, -0.1) is 0 Å². The lowest BCUT2D eigenvalue weighted by atomic mass is 10.3. The zero-order valence-corrected chi connectivity index (χ0v) is 9.70. The van der Waals surface area contributed by atoms with Crippen molar-refractivity contribution in [2.24, 2.45) is 0 Å². The Morgan fingerprint density at radius 2 is 1.87 bits per heavy atom. The molecule has 0 radical (unpaired) electrons. The van der Waals surface area contributed by atoms with Crippen LogP contribution in [-0.4, -0.2) is 9.78 Å². The zero-order chi connectivity index (χ0) is 10.8. The molecule has 2 rings (SSSR count). The summed E-state index contributed by atoms with van der Waals surface area (Å²) in [7, 11) is 0. The maximum atomic E-state index is 5.88. The first-order valence-electron chi connectivity index (χ1n) is 4.58. The fraction of sp³-hybridized carbons (Fsp3) is 0.182. The monoisotopic (exact) mass is 240 g/mol. The molecule has 2 nitrogen and oxygen atoms in total. The third kappa shape index (κ3) is 2.16. The predicted octanol–water partition coefficient (Wildman–Crippen LogP) is 3.66. The van der Waals surface area contributed by atoms with E-state index in [0.717, 1.165) is 17.1 Å². The SMILES string of the molecule is Cc1cc(C(Cl)Cl)n(-c2ccccc2)n1. The van der Waals surface area contributed by atoms with Crippen LogP contribution in [0.25, 0.3) is 5.69 Å². The van der Waals surface area contributed by atoms with Crippen LogP contribution in [0.5, 0.6) is 0 Å². The van der Waals surface area contributed by atoms with Crippen LogP contribution in [0.4, 0.5) is 0 Å². The largest absolute Gasteiger partial charge is 0.235 e. The molecule has 0 fully saturated rings. The Morgan fingerprint density at radius 3 is 2.47 bits per heavy atom. The molecule has 0 N–H and O–H groups in total. The van der Waals surface area contributed by atoms with Gasteiger partial charge in [-0.1, -0.05) is 41.4 Å². The Kier molecular flexibility index (Phi) is 2.98. The first-order chi connectivity index (χ1) is 7.18. The first kappa shape index (κ1) is 10.5. The van der Waals surface area contributed by atoms with E-state index in [9.17, 15) is 0 Å². The second-order valence-corrected chi connectivity index (χ2v) is 4.35. The van der Waals surface area contributed by atoms with E-state index in [-0.39, 0.29) is 0 Å². The van der Waals surface area contributed by atoms with E-state index in [1.807, 2.05) is 43.3 Å². The zero-order valence-electron chi connectivity index (χ0n) is 8.19. The third-order valence-electron chi connectivity index (χ3n) is 2.08. The highest BCUT2D eigenvalue weighted by molar-refractivity contribution is 6.43. The Balaban J connectivity index is 2.53. The Morgan fingerprint density at radius 1 is 1.20 bits per heavy atom. The lowest BCUT2D eigenvalue weighted by molar-refractivity contribution is 0.823. The van der Waals surface area contributed by atoms with Gasteiger partial charge in [-0.25, -0.2) is 4.68 Å². The summed E-state index contributed by atoms with van der Waals surface area (Å²) in [6, 6.07) is 11.7. The molecule has 0 aliphatic rings. The van der Waals surface area contributed by atoms with Gasteiger partial charge in [-0.3, -0.25) is 0 Å². The number of aromatic nitrogens is 2. The number of aryl methyl sites for hydroxylation is 1. The highest BCUT2D eigenvalue weighted by Gasteiger charge is 2.13. The summed E-state index contributed by atoms with van der Waals surface area (Å²) < 4.78 is 1.76. The number of hydrogen-bond donors (Lipinski definition) is 0. The molecule has 4 heteroatoms. The van der Waals surface area contributed by atoms with Gasteiger partial charge in [0.05, 0.1) is 17.1 Å². The molecular weight excluding hydrogens is 231 g/mol. The Hall–Kier alpha value is -0.990. The first-order valence-corrected chi connectivity index (χ1v) is 5.46. The molecule has 1 aromatic carbocycles. The van der Waals surface area contributed by atoms with Gasteiger partial charge in [0.15, 0.2) is 0 Å². The van der Waals surface area contributed by atoms with Crippen LogP contribution < -0.4 is 0 Å². The van der Waals surface area contributed by atoms with Crippen molar-refractivity contribution in [3.8, 4) is 5.69 Å². The van der Waals surface area contributed by atoms with Crippen molar-refractivity contribution >= 4 is 23.2 Å². The second kappa shape index (κ2) is 4.25. The molecule has 78 valence electrons. The summed E-state index contributed by atoms with van der Waals surface area (Å²) in [4.78, 5) is -0.564. The topological polar surface area (TPSA) is 17.8 Å². The van der Waals surface area contributed by atoms with E-state index >= 15 is 0 Å². The summed E-state index contributed by atoms with van der Waals surface area (Å²) in [5, 5.41) is 4.35. The lowest BCUT2D eigenvalue weighted by Crippen LogP contribution is -2.01. The predicted molar refractivity (Wildman–Crippen MR) is 62.7 cm³/mol. The van der Waals surface area contributed by atoms with E-state index in [1.54, 1.807) is 4.68 Å². The van der Waals surface area contributed by atoms with Crippen molar-refractivity contribution in [3.63, 3.8) is 0 Å². The number of nitrogens with zero attached hydrogens (tertiary/aromatic N) is 2. The van der Waals surface area contributed by atoms with E-state index in [4.69, 9.17) is 23.2 Å². The number of alkyl halides is 2. The van der Waals surface area contributed by atoms with Crippen LogP contribution >= 0.6 is 23.2 Å². The average molecular weight is 241 g/mol. The molecule has 0 unspecified atom stereocenters. The molecule has 0 atom stereocenters. The third-order valence-corrected chi connectivity index (χ3v) is 2.53. The standard InChI is InChI=1S/C11H10Cl2N2/c1-8-7-10(11(12)13)15(14-8)9-5-3-2-4-6-9/h2-7,11H,1H3. The van der Waals surface area contributed by atoms with Gasteiger partial charge in [0.2, 0.25) is 0 Å². The molecule has 0 aliphatic carbocycles. The minimum absolute atomic E-state index is 0.564. The number of para-hydroxylation sites is 1. The molecule has 0 amide bonds. The van der Waals surface area contributed by atoms with E-state index in [0.29, 0.717) is 0 Å². The minimum Gasteiger partial charge on any atom is -0.235 e. The van der Waals surface area contributed by atoms with Crippen molar-refractivity contribution in [2.45, 2.75) is 11.8 Å². The van der Waals surface area contributed by atoms with Crippen LogP contribution in [0, 0.1) is 6.92 Å². The highest BCUT2D eigenvalue weighted by atomic mass is 35.5. The number of hydrogen-bond acceptors (Lipinski definition) is 1. The highest BCUT2D eigenvalue weighted by Crippen LogP contribution is 2.27. The fourth-order valence-corrected chi connectivity index (χ4v) is 1.76. The van der Waals surface area contributed by atoms with Gasteiger partial charge < -0.3 is 0 Å². The molecule has 1 heterocycles. The summed E-state index contributed by atoms with van der Waals surface area (Å²) in [6.45, 7) is 1.92. The molecule has 0 saturated carbocycles. The molecule has 0 spiro atoms. The van der Waals surface area contributed by atoms with Crippen molar-refractivity contribution in [1.29, 1.82) is 0 Å². The summed E-state index contributed by atoms with van der Waals surface area (Å²) >= 11 is 11.8. The summed E-state index contributed by atoms with van der Waals surface area (Å²) in [5.74, 6) is 0. The molecule has 0 saturated heterocycles. The Bertz CT molecular complexity index is 449. The molecule has 2 aromatic rings. The lowest BCUT2D eigenvalue weighted by Gasteiger charge is -2.06. The van der Waals surface area contributed by atoms with Crippen molar-refractivity contribution in [2.75, 3.05) is 0 Å². The average Bonchev–Trinajstić information content (AvgIpc) is 2.62. The minimum atomic E-state index is -0.564. The summed E-state index contributed by atoms with van der Waals surface area (Å²) in [6.07, 6.45) is 0. The van der Waals surface area contributed by atoms with Gasteiger partial charge in [-0.05, 0) is 25.1 Å². The molecule has 1 aromatic heterocycles. The van der Waals surface area contributed by atoms with Crippen molar-refractivity contribution < 1.29 is 0 Å². The van der Waals surface area contributed by atoms with Crippen LogP contribution in [0.1, 0.15) is 16.2 Å². The quantitative estimate of drug-likeness (QED) is 0.733. The van der Waals surface area contributed by atoms with Crippen LogP contribution in [-0.2, 0) is 0 Å². The number of halogens is 2. The van der Waals surface area contributed by atoms with Gasteiger partial charge in [0.25, 0.3) is 0 Å². The molecule has 0 aliphatic heterocycles. The van der Waals surface area contributed by atoms with Gasteiger partial charge >= 0.3 is 0 Å². The second-order valence-electron chi connectivity index (χ2n) is 3.26. The normalized spacial score (nSPS) is 10.9. The van der Waals surface area contributed by atoms with E-state index in [1.165, 1.54) is 0 Å². The Labute approximate surface area is 98.4 Å². The number of benzene rings is 1. The molecule has 0 bridgehead atoms. The molecular formula is C11H10Cl2N2. The summed E-state index contributed by atoms with van der Waals surface area (Å²) in [5.41, 5.74) is 2.66.